The van der Waals surface area contributed by atoms with Crippen LogP contribution in [0.5, 0.6) is 0 Å². The number of benzene rings is 2. The van der Waals surface area contributed by atoms with Crippen LogP contribution >= 0.6 is 11.6 Å². The quantitative estimate of drug-likeness (QED) is 0.708. The Balaban J connectivity index is 1.82. The average molecular weight is 383 g/mol. The van der Waals surface area contributed by atoms with Crippen molar-refractivity contribution < 1.29 is 9.59 Å². The molecule has 0 aromatic heterocycles. The molecule has 0 atom stereocenters. The highest BCUT2D eigenvalue weighted by Crippen LogP contribution is 2.32. The van der Waals surface area contributed by atoms with Crippen LogP contribution in [0, 0.1) is 13.8 Å². The predicted molar refractivity (Wildman–Crippen MR) is 110 cm³/mol. The number of imide groups is 1. The number of hydrogen-bond acceptors (Lipinski definition) is 3. The van der Waals surface area contributed by atoms with Crippen LogP contribution in [0.1, 0.15) is 36.5 Å². The molecule has 1 N–H and O–H groups in total. The lowest BCUT2D eigenvalue weighted by Crippen LogP contribution is -2.32. The van der Waals surface area contributed by atoms with Crippen LogP contribution in [-0.2, 0) is 16.0 Å². The van der Waals surface area contributed by atoms with Crippen LogP contribution in [0.4, 0.5) is 11.4 Å². The second-order valence-corrected chi connectivity index (χ2v) is 7.23. The first-order valence-corrected chi connectivity index (χ1v) is 9.52. The number of carbonyl (C=O) groups is 2. The van der Waals surface area contributed by atoms with Crippen molar-refractivity contribution >= 4 is 34.8 Å². The summed E-state index contributed by atoms with van der Waals surface area (Å²) in [7, 11) is 0. The molecule has 2 amide bonds. The largest absolute Gasteiger partial charge is 0.350 e. The van der Waals surface area contributed by atoms with Gasteiger partial charge in [0.1, 0.15) is 10.7 Å². The molecule has 1 aliphatic rings. The maximum absolute atomic E-state index is 12.9. The molecule has 0 saturated carbocycles. The predicted octanol–water partition coefficient (Wildman–Crippen LogP) is 5.08. The lowest BCUT2D eigenvalue weighted by atomic mass is 10.1. The first-order chi connectivity index (χ1) is 12.9. The summed E-state index contributed by atoms with van der Waals surface area (Å²) in [6.07, 6.45) is 3.31. The van der Waals surface area contributed by atoms with Gasteiger partial charge in [0.25, 0.3) is 11.8 Å². The number of hydrogen-bond donors (Lipinski definition) is 1. The van der Waals surface area contributed by atoms with E-state index in [0.29, 0.717) is 5.69 Å². The molecule has 5 heteroatoms. The van der Waals surface area contributed by atoms with E-state index in [9.17, 15) is 9.59 Å². The van der Waals surface area contributed by atoms with Gasteiger partial charge in [-0.15, -0.1) is 0 Å². The summed E-state index contributed by atoms with van der Waals surface area (Å²) in [6, 6.07) is 13.4. The van der Waals surface area contributed by atoms with Gasteiger partial charge >= 0.3 is 0 Å². The molecular weight excluding hydrogens is 360 g/mol. The van der Waals surface area contributed by atoms with Gasteiger partial charge in [-0.1, -0.05) is 54.8 Å². The molecule has 1 heterocycles. The highest BCUT2D eigenvalue weighted by atomic mass is 35.5. The van der Waals surface area contributed by atoms with Crippen LogP contribution < -0.4 is 10.2 Å². The van der Waals surface area contributed by atoms with Crippen molar-refractivity contribution in [3.63, 3.8) is 0 Å². The topological polar surface area (TPSA) is 49.4 Å². The van der Waals surface area contributed by atoms with Crippen LogP contribution in [0.3, 0.4) is 0 Å². The van der Waals surface area contributed by atoms with E-state index in [-0.39, 0.29) is 10.7 Å². The fourth-order valence-corrected chi connectivity index (χ4v) is 3.38. The Morgan fingerprint density at radius 2 is 1.70 bits per heavy atom. The van der Waals surface area contributed by atoms with Crippen molar-refractivity contribution in [1.82, 2.24) is 0 Å². The second kappa shape index (κ2) is 7.97. The Hall–Kier alpha value is -2.59. The van der Waals surface area contributed by atoms with Crippen molar-refractivity contribution in [2.24, 2.45) is 0 Å². The number of nitrogens with zero attached hydrogens (tertiary/aromatic N) is 1. The van der Waals surface area contributed by atoms with E-state index in [1.54, 1.807) is 6.07 Å². The summed E-state index contributed by atoms with van der Waals surface area (Å²) in [6.45, 7) is 6.00. The molecule has 0 unspecified atom stereocenters. The van der Waals surface area contributed by atoms with E-state index in [2.05, 4.69) is 12.2 Å². The number of carbonyl (C=O) groups excluding carboxylic acids is 2. The zero-order valence-corrected chi connectivity index (χ0v) is 16.6. The average Bonchev–Trinajstić information content (AvgIpc) is 2.85. The van der Waals surface area contributed by atoms with Gasteiger partial charge in [0.15, 0.2) is 0 Å². The van der Waals surface area contributed by atoms with E-state index < -0.39 is 11.8 Å². The highest BCUT2D eigenvalue weighted by molar-refractivity contribution is 6.53. The molecule has 1 aliphatic heterocycles. The zero-order chi connectivity index (χ0) is 19.6. The van der Waals surface area contributed by atoms with Crippen molar-refractivity contribution in [2.75, 3.05) is 10.2 Å². The molecule has 0 spiro atoms. The van der Waals surface area contributed by atoms with E-state index in [1.807, 2.05) is 50.2 Å². The zero-order valence-electron chi connectivity index (χ0n) is 15.8. The van der Waals surface area contributed by atoms with Crippen LogP contribution in [-0.4, -0.2) is 11.8 Å². The molecule has 4 nitrogen and oxygen atoms in total. The number of amides is 2. The van der Waals surface area contributed by atoms with Crippen LogP contribution in [0.25, 0.3) is 0 Å². The lowest BCUT2D eigenvalue weighted by molar-refractivity contribution is -0.120. The summed E-state index contributed by atoms with van der Waals surface area (Å²) in [5.41, 5.74) is 4.56. The minimum absolute atomic E-state index is 0.0879. The Labute approximate surface area is 164 Å². The fraction of sp³-hybridized carbons (Fsp3) is 0.273. The fourth-order valence-electron chi connectivity index (χ4n) is 3.17. The van der Waals surface area contributed by atoms with Crippen LogP contribution in [0.15, 0.2) is 53.2 Å². The second-order valence-electron chi connectivity index (χ2n) is 6.85. The SMILES string of the molecule is CCCCc1ccc(NC2=C(Cl)C(=O)N(c3ccc(C)cc3C)C2=O)cc1. The molecule has 3 rings (SSSR count). The first-order valence-electron chi connectivity index (χ1n) is 9.14. The van der Waals surface area contributed by atoms with Crippen LogP contribution in [0.2, 0.25) is 0 Å². The van der Waals surface area contributed by atoms with Gasteiger partial charge in [-0.3, -0.25) is 9.59 Å². The normalized spacial score (nSPS) is 14.3. The molecule has 0 saturated heterocycles. The van der Waals surface area contributed by atoms with Gasteiger partial charge in [0.05, 0.1) is 5.69 Å². The van der Waals surface area contributed by atoms with E-state index in [0.717, 1.165) is 41.0 Å². The van der Waals surface area contributed by atoms with Gasteiger partial charge < -0.3 is 5.32 Å². The molecule has 2 aromatic rings. The first kappa shape index (κ1) is 19.2. The number of aryl methyl sites for hydroxylation is 3. The van der Waals surface area contributed by atoms with E-state index in [1.165, 1.54) is 5.56 Å². The van der Waals surface area contributed by atoms with E-state index >= 15 is 0 Å². The molecule has 0 fully saturated rings. The Morgan fingerprint density at radius 3 is 2.33 bits per heavy atom. The number of rotatable bonds is 6. The van der Waals surface area contributed by atoms with E-state index in [4.69, 9.17) is 11.6 Å². The van der Waals surface area contributed by atoms with Crippen molar-refractivity contribution in [1.29, 1.82) is 0 Å². The maximum atomic E-state index is 12.9. The number of anilines is 2. The maximum Gasteiger partial charge on any atom is 0.283 e. The van der Waals surface area contributed by atoms with Gasteiger partial charge in [0, 0.05) is 5.69 Å². The smallest absolute Gasteiger partial charge is 0.283 e. The Bertz CT molecular complexity index is 916. The van der Waals surface area contributed by atoms with Gasteiger partial charge in [-0.05, 0) is 56.0 Å². The third-order valence-electron chi connectivity index (χ3n) is 4.66. The number of halogens is 1. The highest BCUT2D eigenvalue weighted by Gasteiger charge is 2.39. The van der Waals surface area contributed by atoms with Gasteiger partial charge in [0.2, 0.25) is 0 Å². The molecular formula is C22H23ClN2O2. The summed E-state index contributed by atoms with van der Waals surface area (Å²) in [5, 5.41) is 2.93. The van der Waals surface area contributed by atoms with Gasteiger partial charge in [-0.25, -0.2) is 4.90 Å². The lowest BCUT2D eigenvalue weighted by Gasteiger charge is -2.18. The van der Waals surface area contributed by atoms with Crippen molar-refractivity contribution in [3.8, 4) is 0 Å². The minimum Gasteiger partial charge on any atom is -0.350 e. The van der Waals surface area contributed by atoms with Crippen molar-refractivity contribution in [3.05, 3.63) is 69.9 Å². The summed E-state index contributed by atoms with van der Waals surface area (Å²) < 4.78 is 0. The Kier molecular flexibility index (Phi) is 5.66. The summed E-state index contributed by atoms with van der Waals surface area (Å²) in [4.78, 5) is 26.6. The third kappa shape index (κ3) is 3.91. The Morgan fingerprint density at radius 1 is 1.00 bits per heavy atom. The molecule has 2 aromatic carbocycles. The standard InChI is InChI=1S/C22H23ClN2O2/c1-4-5-6-16-8-10-17(11-9-16)24-20-19(23)21(26)25(22(20)27)18-12-7-14(2)13-15(18)3/h7-13,24H,4-6H2,1-3H3. The summed E-state index contributed by atoms with van der Waals surface area (Å²) >= 11 is 6.21. The summed E-state index contributed by atoms with van der Waals surface area (Å²) in [5.74, 6) is -0.942. The number of unbranched alkanes of at least 4 members (excludes halogenated alkanes) is 1. The molecule has 140 valence electrons. The molecule has 0 bridgehead atoms. The monoisotopic (exact) mass is 382 g/mol. The minimum atomic E-state index is -0.504. The van der Waals surface area contributed by atoms with Crippen molar-refractivity contribution in [2.45, 2.75) is 40.0 Å². The third-order valence-corrected chi connectivity index (χ3v) is 5.01. The van der Waals surface area contributed by atoms with Gasteiger partial charge in [-0.2, -0.15) is 0 Å². The molecule has 27 heavy (non-hydrogen) atoms. The number of nitrogens with one attached hydrogen (secondary N) is 1. The molecule has 0 aliphatic carbocycles. The molecule has 0 radical (unpaired) electrons.